The Hall–Kier alpha value is -1.03. The van der Waals surface area contributed by atoms with E-state index in [4.69, 9.17) is 11.6 Å². The second-order valence-electron chi connectivity index (χ2n) is 4.95. The highest BCUT2D eigenvalue weighted by Crippen LogP contribution is 2.42. The number of aliphatic carboxylic acids is 1. The molecule has 5 heteroatoms. The summed E-state index contributed by atoms with van der Waals surface area (Å²) in [7, 11) is 1.78. The second-order valence-corrected chi connectivity index (χ2v) is 5.31. The Bertz CT molecular complexity index is 448. The molecule has 0 spiro atoms. The Balaban J connectivity index is 2.33. The molecule has 4 nitrogen and oxygen atoms in total. The molecule has 1 aromatic rings. The average Bonchev–Trinajstić information content (AvgIpc) is 2.81. The van der Waals surface area contributed by atoms with Crippen molar-refractivity contribution < 1.29 is 9.90 Å². The zero-order valence-electron chi connectivity index (χ0n) is 10.2. The van der Waals surface area contributed by atoms with Crippen LogP contribution in [-0.2, 0) is 18.3 Å². The summed E-state index contributed by atoms with van der Waals surface area (Å²) in [6, 6.07) is 0. The Kier molecular flexibility index (Phi) is 3.17. The van der Waals surface area contributed by atoms with Gasteiger partial charge in [-0.2, -0.15) is 5.10 Å². The summed E-state index contributed by atoms with van der Waals surface area (Å²) in [5, 5.41) is 14.2. The van der Waals surface area contributed by atoms with E-state index in [1.807, 2.05) is 6.92 Å². The average molecular weight is 257 g/mol. The van der Waals surface area contributed by atoms with Crippen LogP contribution in [0.1, 0.15) is 36.9 Å². The number of hydrogen-bond donors (Lipinski definition) is 1. The van der Waals surface area contributed by atoms with Crippen molar-refractivity contribution in [3.8, 4) is 0 Å². The minimum Gasteiger partial charge on any atom is -0.481 e. The fourth-order valence-corrected chi connectivity index (χ4v) is 2.97. The van der Waals surface area contributed by atoms with Gasteiger partial charge in [-0.05, 0) is 26.2 Å². The van der Waals surface area contributed by atoms with Crippen LogP contribution in [0.5, 0.6) is 0 Å². The number of aromatic nitrogens is 2. The fourth-order valence-electron chi connectivity index (χ4n) is 2.73. The number of nitrogens with zero attached hydrogens (tertiary/aromatic N) is 2. The van der Waals surface area contributed by atoms with Gasteiger partial charge < -0.3 is 5.11 Å². The molecule has 0 unspecified atom stereocenters. The lowest BCUT2D eigenvalue weighted by molar-refractivity contribution is -0.148. The maximum Gasteiger partial charge on any atom is 0.309 e. The van der Waals surface area contributed by atoms with Gasteiger partial charge in [-0.25, -0.2) is 0 Å². The van der Waals surface area contributed by atoms with Crippen LogP contribution in [0.3, 0.4) is 0 Å². The van der Waals surface area contributed by atoms with Gasteiger partial charge in [0.1, 0.15) is 5.15 Å². The second kappa shape index (κ2) is 4.33. The number of carbonyl (C=O) groups is 1. The summed E-state index contributed by atoms with van der Waals surface area (Å²) < 4.78 is 1.61. The van der Waals surface area contributed by atoms with Gasteiger partial charge in [0.2, 0.25) is 0 Å². The number of hydrogen-bond acceptors (Lipinski definition) is 2. The van der Waals surface area contributed by atoms with E-state index in [1.54, 1.807) is 11.7 Å². The van der Waals surface area contributed by atoms with E-state index >= 15 is 0 Å². The van der Waals surface area contributed by atoms with E-state index in [9.17, 15) is 9.90 Å². The van der Waals surface area contributed by atoms with Gasteiger partial charge in [-0.3, -0.25) is 9.48 Å². The molecular weight excluding hydrogens is 240 g/mol. The third-order valence-corrected chi connectivity index (χ3v) is 4.27. The molecule has 0 aliphatic heterocycles. The first kappa shape index (κ1) is 12.4. The van der Waals surface area contributed by atoms with E-state index in [0.717, 1.165) is 36.9 Å². The van der Waals surface area contributed by atoms with Crippen LogP contribution in [0.15, 0.2) is 0 Å². The van der Waals surface area contributed by atoms with Crippen LogP contribution in [0.25, 0.3) is 0 Å². The molecule has 0 saturated heterocycles. The molecule has 1 N–H and O–H groups in total. The minimum absolute atomic E-state index is 0.501. The molecule has 0 amide bonds. The molecule has 1 aliphatic rings. The van der Waals surface area contributed by atoms with E-state index in [2.05, 4.69) is 5.10 Å². The van der Waals surface area contributed by atoms with Gasteiger partial charge in [0.05, 0.1) is 11.1 Å². The Morgan fingerprint density at radius 3 is 2.53 bits per heavy atom. The highest BCUT2D eigenvalue weighted by atomic mass is 35.5. The molecule has 1 aliphatic carbocycles. The topological polar surface area (TPSA) is 55.1 Å². The predicted molar refractivity (Wildman–Crippen MR) is 65.2 cm³/mol. The number of halogens is 1. The van der Waals surface area contributed by atoms with E-state index < -0.39 is 11.4 Å². The third-order valence-electron chi connectivity index (χ3n) is 3.80. The molecule has 1 saturated carbocycles. The Morgan fingerprint density at radius 2 is 2.12 bits per heavy atom. The molecular formula is C12H17ClN2O2. The monoisotopic (exact) mass is 256 g/mol. The molecule has 94 valence electrons. The van der Waals surface area contributed by atoms with Crippen molar-refractivity contribution in [2.75, 3.05) is 0 Å². The zero-order valence-corrected chi connectivity index (χ0v) is 10.9. The van der Waals surface area contributed by atoms with Crippen LogP contribution in [-0.4, -0.2) is 20.9 Å². The molecule has 0 bridgehead atoms. The molecule has 0 aromatic carbocycles. The maximum absolute atomic E-state index is 11.5. The summed E-state index contributed by atoms with van der Waals surface area (Å²) in [6.07, 6.45) is 3.97. The summed E-state index contributed by atoms with van der Waals surface area (Å²) in [4.78, 5) is 11.5. The largest absolute Gasteiger partial charge is 0.481 e. The first-order valence-electron chi connectivity index (χ1n) is 5.88. The van der Waals surface area contributed by atoms with E-state index in [-0.39, 0.29) is 0 Å². The molecule has 17 heavy (non-hydrogen) atoms. The van der Waals surface area contributed by atoms with Gasteiger partial charge in [0.15, 0.2) is 0 Å². The molecule has 0 atom stereocenters. The maximum atomic E-state index is 11.5. The highest BCUT2D eigenvalue weighted by molar-refractivity contribution is 6.30. The number of rotatable bonds is 3. The van der Waals surface area contributed by atoms with Crippen molar-refractivity contribution >= 4 is 17.6 Å². The molecule has 0 radical (unpaired) electrons. The van der Waals surface area contributed by atoms with Crippen molar-refractivity contribution in [1.82, 2.24) is 9.78 Å². The Morgan fingerprint density at radius 1 is 1.53 bits per heavy atom. The van der Waals surface area contributed by atoms with Crippen molar-refractivity contribution in [2.24, 2.45) is 12.5 Å². The lowest BCUT2D eigenvalue weighted by atomic mass is 9.80. The zero-order chi connectivity index (χ0) is 12.6. The molecule has 1 aromatic heterocycles. The van der Waals surface area contributed by atoms with E-state index in [1.165, 1.54) is 0 Å². The SMILES string of the molecule is Cc1nn(C)c(Cl)c1CC1(C(=O)O)CCCC1. The highest BCUT2D eigenvalue weighted by Gasteiger charge is 2.42. The van der Waals surface area contributed by atoms with Crippen LogP contribution < -0.4 is 0 Å². The van der Waals surface area contributed by atoms with Crippen LogP contribution in [0.4, 0.5) is 0 Å². The van der Waals surface area contributed by atoms with Gasteiger partial charge in [0, 0.05) is 12.6 Å². The van der Waals surface area contributed by atoms with Crippen LogP contribution >= 0.6 is 11.6 Å². The van der Waals surface area contributed by atoms with Crippen molar-refractivity contribution in [3.05, 3.63) is 16.4 Å². The van der Waals surface area contributed by atoms with E-state index in [0.29, 0.717) is 11.6 Å². The number of carboxylic acids is 1. The summed E-state index contributed by atoms with van der Waals surface area (Å²) in [5.74, 6) is -0.700. The standard InChI is InChI=1S/C12H17ClN2O2/c1-8-9(10(13)15(2)14-8)7-12(11(16)17)5-3-4-6-12/h3-7H2,1-2H3,(H,16,17). The minimum atomic E-state index is -0.700. The fraction of sp³-hybridized carbons (Fsp3) is 0.667. The lowest BCUT2D eigenvalue weighted by Crippen LogP contribution is -2.30. The predicted octanol–water partition coefficient (Wildman–Crippen LogP) is 2.57. The van der Waals surface area contributed by atoms with Gasteiger partial charge in [0.25, 0.3) is 0 Å². The quantitative estimate of drug-likeness (QED) is 0.904. The number of carboxylic acid groups (broad SMARTS) is 1. The van der Waals surface area contributed by atoms with Crippen molar-refractivity contribution in [3.63, 3.8) is 0 Å². The summed E-state index contributed by atoms with van der Waals surface area (Å²) >= 11 is 6.17. The van der Waals surface area contributed by atoms with Gasteiger partial charge in [-0.15, -0.1) is 0 Å². The Labute approximate surface area is 106 Å². The molecule has 2 rings (SSSR count). The summed E-state index contributed by atoms with van der Waals surface area (Å²) in [6.45, 7) is 1.88. The third kappa shape index (κ3) is 2.06. The lowest BCUT2D eigenvalue weighted by Gasteiger charge is -2.23. The van der Waals surface area contributed by atoms with Crippen molar-refractivity contribution in [1.29, 1.82) is 0 Å². The first-order valence-corrected chi connectivity index (χ1v) is 6.25. The summed E-state index contributed by atoms with van der Waals surface area (Å²) in [5.41, 5.74) is 1.10. The normalized spacial score (nSPS) is 18.5. The first-order chi connectivity index (χ1) is 7.96. The molecule has 1 heterocycles. The van der Waals surface area contributed by atoms with Crippen LogP contribution in [0, 0.1) is 12.3 Å². The van der Waals surface area contributed by atoms with Gasteiger partial charge in [-0.1, -0.05) is 24.4 Å². The number of aryl methyl sites for hydroxylation is 2. The molecule has 1 fully saturated rings. The van der Waals surface area contributed by atoms with Gasteiger partial charge >= 0.3 is 5.97 Å². The van der Waals surface area contributed by atoms with Crippen LogP contribution in [0.2, 0.25) is 5.15 Å². The van der Waals surface area contributed by atoms with Crippen molar-refractivity contribution in [2.45, 2.75) is 39.0 Å². The smallest absolute Gasteiger partial charge is 0.309 e.